The molecule has 4 rings (SSSR count). The third-order valence-corrected chi connectivity index (χ3v) is 8.10. The highest BCUT2D eigenvalue weighted by molar-refractivity contribution is 7.87. The first-order valence-electron chi connectivity index (χ1n) is 9.25. The molecule has 31 heavy (non-hydrogen) atoms. The summed E-state index contributed by atoms with van der Waals surface area (Å²) < 4.78 is 44.0. The number of hydrogen-bond donors (Lipinski definition) is 2. The lowest BCUT2D eigenvalue weighted by molar-refractivity contribution is -0.120. The van der Waals surface area contributed by atoms with Crippen LogP contribution in [0, 0.1) is 5.82 Å². The van der Waals surface area contributed by atoms with Crippen LogP contribution < -0.4 is 10.0 Å². The minimum atomic E-state index is -3.89. The Hall–Kier alpha value is -2.31. The van der Waals surface area contributed by atoms with Gasteiger partial charge in [-0.05, 0) is 42.8 Å². The van der Waals surface area contributed by atoms with E-state index in [1.807, 2.05) is 31.4 Å². The Morgan fingerprint density at radius 3 is 2.74 bits per heavy atom. The van der Waals surface area contributed by atoms with E-state index < -0.39 is 34.0 Å². The van der Waals surface area contributed by atoms with Gasteiger partial charge in [0.1, 0.15) is 17.6 Å². The highest BCUT2D eigenvalue weighted by Crippen LogP contribution is 2.35. The molecule has 8 nitrogen and oxygen atoms in total. The number of halogens is 2. The van der Waals surface area contributed by atoms with Crippen LogP contribution in [0.25, 0.3) is 10.6 Å². The predicted octanol–water partition coefficient (Wildman–Crippen LogP) is 3.16. The lowest BCUT2D eigenvalue weighted by atomic mass is 10.1. The summed E-state index contributed by atoms with van der Waals surface area (Å²) in [6, 6.07) is 7.83. The summed E-state index contributed by atoms with van der Waals surface area (Å²) in [5.41, 5.74) is 1.07. The number of amides is 1. The topological polar surface area (TPSA) is 96.3 Å². The molecule has 3 heterocycles. The van der Waals surface area contributed by atoms with Crippen molar-refractivity contribution in [1.82, 2.24) is 18.8 Å². The third kappa shape index (κ3) is 4.51. The Morgan fingerprint density at radius 1 is 1.29 bits per heavy atom. The van der Waals surface area contributed by atoms with E-state index in [4.69, 9.17) is 11.6 Å². The summed E-state index contributed by atoms with van der Waals surface area (Å²) in [5.74, 6) is -1.13. The van der Waals surface area contributed by atoms with E-state index in [2.05, 4.69) is 15.1 Å². The highest BCUT2D eigenvalue weighted by Gasteiger charge is 2.41. The average Bonchev–Trinajstić information content (AvgIpc) is 3.35. The van der Waals surface area contributed by atoms with Gasteiger partial charge in [-0.3, -0.25) is 9.48 Å². The van der Waals surface area contributed by atoms with Gasteiger partial charge < -0.3 is 5.32 Å². The molecule has 2 N–H and O–H groups in total. The fourth-order valence-corrected chi connectivity index (χ4v) is 5.88. The second-order valence-corrected chi connectivity index (χ2v) is 10.4. The first-order valence-corrected chi connectivity index (χ1v) is 11.9. The molecule has 2 unspecified atom stereocenters. The molecule has 164 valence electrons. The molecule has 1 fully saturated rings. The summed E-state index contributed by atoms with van der Waals surface area (Å²) in [5, 5.41) is 6.85. The van der Waals surface area contributed by atoms with Crippen molar-refractivity contribution in [3.05, 3.63) is 58.3 Å². The van der Waals surface area contributed by atoms with Gasteiger partial charge in [-0.25, -0.2) is 4.39 Å². The van der Waals surface area contributed by atoms with E-state index >= 15 is 0 Å². The summed E-state index contributed by atoms with van der Waals surface area (Å²) in [6.07, 6.45) is 2.05. The van der Waals surface area contributed by atoms with Crippen molar-refractivity contribution < 1.29 is 17.6 Å². The summed E-state index contributed by atoms with van der Waals surface area (Å²) in [7, 11) is -0.727. The number of rotatable bonds is 4. The van der Waals surface area contributed by atoms with Crippen molar-refractivity contribution in [3.8, 4) is 10.6 Å². The van der Waals surface area contributed by atoms with Gasteiger partial charge in [-0.15, -0.1) is 11.3 Å². The fourth-order valence-electron chi connectivity index (χ4n) is 3.32. The van der Waals surface area contributed by atoms with Gasteiger partial charge in [-0.1, -0.05) is 11.6 Å². The lowest BCUT2D eigenvalue weighted by Gasteiger charge is -2.35. The molecular formula is C19H19ClFN5O3S2. The number of aryl methyl sites for hydroxylation is 1. The number of anilines is 1. The van der Waals surface area contributed by atoms with Crippen LogP contribution in [0.15, 0.2) is 42.6 Å². The molecule has 1 aliphatic heterocycles. The van der Waals surface area contributed by atoms with Crippen LogP contribution in [0.3, 0.4) is 0 Å². The monoisotopic (exact) mass is 483 g/mol. The number of carbonyl (C=O) groups is 1. The Kier molecular flexibility index (Phi) is 5.88. The van der Waals surface area contributed by atoms with Crippen LogP contribution in [0.4, 0.5) is 10.1 Å². The molecule has 1 amide bonds. The van der Waals surface area contributed by atoms with Crippen molar-refractivity contribution in [1.29, 1.82) is 0 Å². The van der Waals surface area contributed by atoms with Gasteiger partial charge >= 0.3 is 0 Å². The first-order chi connectivity index (χ1) is 14.6. The van der Waals surface area contributed by atoms with Crippen molar-refractivity contribution in [2.45, 2.75) is 18.5 Å². The standard InChI is InChI=1S/C19H19ClFN5O3S2/c1-25-8-7-14(23-25)17-5-6-18(30-17)15-10-16(26(2)31(28,29)24-15)19(27)22-11-3-4-13(21)12(20)9-11/h3-9,15-16,24H,10H2,1-2H3,(H,22,27). The number of carbonyl (C=O) groups excluding carboxylic acids is 1. The molecular weight excluding hydrogens is 465 g/mol. The Labute approximate surface area is 187 Å². The normalized spacial score (nSPS) is 21.2. The quantitative estimate of drug-likeness (QED) is 0.595. The zero-order valence-corrected chi connectivity index (χ0v) is 18.9. The number of hydrogen-bond acceptors (Lipinski definition) is 5. The maximum atomic E-state index is 13.4. The van der Waals surface area contributed by atoms with E-state index in [-0.39, 0.29) is 17.1 Å². The van der Waals surface area contributed by atoms with Gasteiger partial charge in [0.25, 0.3) is 10.2 Å². The number of nitrogens with zero attached hydrogens (tertiary/aromatic N) is 3. The lowest BCUT2D eigenvalue weighted by Crippen LogP contribution is -2.55. The van der Waals surface area contributed by atoms with Crippen LogP contribution in [0.2, 0.25) is 5.02 Å². The van der Waals surface area contributed by atoms with Crippen molar-refractivity contribution in [2.24, 2.45) is 7.05 Å². The summed E-state index contributed by atoms with van der Waals surface area (Å²) in [4.78, 5) is 14.6. The minimum Gasteiger partial charge on any atom is -0.325 e. The van der Waals surface area contributed by atoms with E-state index in [0.29, 0.717) is 0 Å². The zero-order valence-electron chi connectivity index (χ0n) is 16.5. The fraction of sp³-hybridized carbons (Fsp3) is 0.263. The molecule has 0 aliphatic carbocycles. The smallest absolute Gasteiger partial charge is 0.280 e. The molecule has 1 aromatic carbocycles. The minimum absolute atomic E-state index is 0.136. The van der Waals surface area contributed by atoms with Gasteiger partial charge in [0.05, 0.1) is 15.9 Å². The summed E-state index contributed by atoms with van der Waals surface area (Å²) in [6.45, 7) is 0. The van der Waals surface area contributed by atoms with Crippen LogP contribution in [-0.4, -0.2) is 41.5 Å². The SMILES string of the molecule is CN1C(C(=O)Nc2ccc(F)c(Cl)c2)CC(c2ccc(-c3ccn(C)n3)s2)NS1(=O)=O. The first kappa shape index (κ1) is 21.9. The zero-order chi connectivity index (χ0) is 22.3. The molecule has 2 atom stereocenters. The van der Waals surface area contributed by atoms with Crippen molar-refractivity contribution in [2.75, 3.05) is 12.4 Å². The second-order valence-electron chi connectivity index (χ2n) is 7.14. The van der Waals surface area contributed by atoms with Gasteiger partial charge in [-0.2, -0.15) is 22.5 Å². The molecule has 0 bridgehead atoms. The maximum absolute atomic E-state index is 13.4. The Morgan fingerprint density at radius 2 is 2.06 bits per heavy atom. The molecule has 0 spiro atoms. The highest BCUT2D eigenvalue weighted by atomic mass is 35.5. The average molecular weight is 484 g/mol. The molecule has 0 radical (unpaired) electrons. The van der Waals surface area contributed by atoms with E-state index in [1.54, 1.807) is 4.68 Å². The second kappa shape index (κ2) is 8.32. The molecule has 1 saturated heterocycles. The number of thiophene rings is 1. The van der Waals surface area contributed by atoms with E-state index in [9.17, 15) is 17.6 Å². The number of likely N-dealkylation sites (N-methyl/N-ethyl adjacent to an activating group) is 1. The molecule has 3 aromatic rings. The Bertz CT molecular complexity index is 1240. The van der Waals surface area contributed by atoms with Crippen LogP contribution in [0.1, 0.15) is 17.3 Å². The molecule has 1 aliphatic rings. The number of benzene rings is 1. The largest absolute Gasteiger partial charge is 0.325 e. The maximum Gasteiger partial charge on any atom is 0.280 e. The third-order valence-electron chi connectivity index (χ3n) is 4.99. The predicted molar refractivity (Wildman–Crippen MR) is 118 cm³/mol. The van der Waals surface area contributed by atoms with Gasteiger partial charge in [0, 0.05) is 30.9 Å². The van der Waals surface area contributed by atoms with E-state index in [0.717, 1.165) is 25.8 Å². The number of nitrogens with one attached hydrogen (secondary N) is 2. The molecule has 12 heteroatoms. The van der Waals surface area contributed by atoms with Crippen molar-refractivity contribution in [3.63, 3.8) is 0 Å². The van der Waals surface area contributed by atoms with Crippen LogP contribution in [-0.2, 0) is 22.1 Å². The van der Waals surface area contributed by atoms with Gasteiger partial charge in [0.15, 0.2) is 0 Å². The van der Waals surface area contributed by atoms with Gasteiger partial charge in [0.2, 0.25) is 5.91 Å². The summed E-state index contributed by atoms with van der Waals surface area (Å²) >= 11 is 7.18. The van der Waals surface area contributed by atoms with Crippen molar-refractivity contribution >= 4 is 44.7 Å². The molecule has 0 saturated carbocycles. The van der Waals surface area contributed by atoms with Crippen LogP contribution in [0.5, 0.6) is 0 Å². The molecule has 2 aromatic heterocycles. The van der Waals surface area contributed by atoms with E-state index in [1.165, 1.54) is 30.5 Å². The number of aromatic nitrogens is 2. The Balaban J connectivity index is 1.57. The van der Waals surface area contributed by atoms with Crippen LogP contribution >= 0.6 is 22.9 Å².